The summed E-state index contributed by atoms with van der Waals surface area (Å²) in [6.07, 6.45) is 3.05. The number of esters is 1. The van der Waals surface area contributed by atoms with Gasteiger partial charge in [-0.3, -0.25) is 19.2 Å². The predicted octanol–water partition coefficient (Wildman–Crippen LogP) is 1.13. The minimum absolute atomic E-state index is 0.210. The first-order valence-corrected chi connectivity index (χ1v) is 12.3. The van der Waals surface area contributed by atoms with Crippen LogP contribution in [0.15, 0.2) is 0 Å². The van der Waals surface area contributed by atoms with Crippen molar-refractivity contribution in [3.63, 3.8) is 0 Å². The molecule has 0 aromatic carbocycles. The molecule has 1 atom stereocenters. The Kier molecular flexibility index (Phi) is 17.0. The molecule has 5 N–H and O–H groups in total. The zero-order valence-corrected chi connectivity index (χ0v) is 20.9. The van der Waals surface area contributed by atoms with Gasteiger partial charge in [-0.2, -0.15) is 0 Å². The summed E-state index contributed by atoms with van der Waals surface area (Å²) >= 11 is 6.50. The van der Waals surface area contributed by atoms with E-state index in [1.165, 1.54) is 6.92 Å². The van der Waals surface area contributed by atoms with Gasteiger partial charge in [0, 0.05) is 23.6 Å². The maximum Gasteiger partial charge on any atom is 0.312 e. The van der Waals surface area contributed by atoms with Crippen LogP contribution in [-0.4, -0.2) is 66.0 Å². The number of ether oxygens (including phenoxy) is 1. The van der Waals surface area contributed by atoms with E-state index in [4.69, 9.17) is 10.5 Å². The topological polar surface area (TPSA) is 157 Å². The number of halogens is 2. The summed E-state index contributed by atoms with van der Waals surface area (Å²) in [5.74, 6) is -1.41. The van der Waals surface area contributed by atoms with Crippen LogP contribution in [0.5, 0.6) is 0 Å². The van der Waals surface area contributed by atoms with E-state index in [-0.39, 0.29) is 36.5 Å². The number of carbonyl (C=O) groups is 5. The number of urea groups is 1. The Morgan fingerprint density at radius 3 is 2.19 bits per heavy atom. The molecule has 0 aliphatic heterocycles. The monoisotopic (exact) mass is 570 g/mol. The second-order valence-electron chi connectivity index (χ2n) is 6.92. The van der Waals surface area contributed by atoms with Gasteiger partial charge in [-0.1, -0.05) is 31.9 Å². The molecule has 0 rings (SSSR count). The number of hydrogen-bond donors (Lipinski definition) is 4. The Bertz CT molecular complexity index is 602. The lowest BCUT2D eigenvalue weighted by Crippen LogP contribution is -2.45. The highest BCUT2D eigenvalue weighted by molar-refractivity contribution is 9.09. The van der Waals surface area contributed by atoms with Crippen molar-refractivity contribution in [2.75, 3.05) is 30.4 Å². The number of amides is 4. The summed E-state index contributed by atoms with van der Waals surface area (Å²) in [6.45, 7) is 1.75. The van der Waals surface area contributed by atoms with E-state index in [0.717, 1.165) is 0 Å². The SMILES string of the molecule is CC(=O)[C@H](CCCNC(N)=O)NC(=O)CNC(=O)CCCCCOC(=O)C(CBr)CBr. The first-order chi connectivity index (χ1) is 14.7. The quantitative estimate of drug-likeness (QED) is 0.116. The summed E-state index contributed by atoms with van der Waals surface area (Å²) in [4.78, 5) is 57.7. The van der Waals surface area contributed by atoms with E-state index in [0.29, 0.717) is 55.9 Å². The second kappa shape index (κ2) is 17.9. The van der Waals surface area contributed by atoms with Gasteiger partial charge >= 0.3 is 12.0 Å². The first kappa shape index (κ1) is 29.3. The molecule has 0 radical (unpaired) electrons. The molecule has 0 fully saturated rings. The molecule has 10 nitrogen and oxygen atoms in total. The number of hydrogen-bond acceptors (Lipinski definition) is 6. The lowest BCUT2D eigenvalue weighted by atomic mass is 10.1. The minimum Gasteiger partial charge on any atom is -0.465 e. The van der Waals surface area contributed by atoms with Gasteiger partial charge in [0.2, 0.25) is 11.8 Å². The number of unbranched alkanes of at least 4 members (excludes halogenated alkanes) is 2. The molecular weight excluding hydrogens is 540 g/mol. The molecule has 0 aliphatic rings. The van der Waals surface area contributed by atoms with E-state index in [1.807, 2.05) is 0 Å². The number of ketones is 1. The van der Waals surface area contributed by atoms with Gasteiger partial charge in [0.15, 0.2) is 5.78 Å². The van der Waals surface area contributed by atoms with Crippen molar-refractivity contribution in [3.05, 3.63) is 0 Å². The van der Waals surface area contributed by atoms with Gasteiger partial charge in [-0.25, -0.2) is 4.79 Å². The van der Waals surface area contributed by atoms with Gasteiger partial charge in [0.05, 0.1) is 25.1 Å². The summed E-state index contributed by atoms with van der Waals surface area (Å²) in [7, 11) is 0. The van der Waals surface area contributed by atoms with E-state index >= 15 is 0 Å². The molecule has 0 aliphatic carbocycles. The van der Waals surface area contributed by atoms with Gasteiger partial charge in [-0.15, -0.1) is 0 Å². The van der Waals surface area contributed by atoms with Crippen LogP contribution in [0.25, 0.3) is 0 Å². The van der Waals surface area contributed by atoms with E-state index in [1.54, 1.807) is 0 Å². The van der Waals surface area contributed by atoms with Gasteiger partial charge in [0.25, 0.3) is 0 Å². The predicted molar refractivity (Wildman–Crippen MR) is 123 cm³/mol. The van der Waals surface area contributed by atoms with Gasteiger partial charge in [-0.05, 0) is 39.0 Å². The van der Waals surface area contributed by atoms with Crippen molar-refractivity contribution in [3.8, 4) is 0 Å². The van der Waals surface area contributed by atoms with Crippen LogP contribution in [0.1, 0.15) is 45.4 Å². The largest absolute Gasteiger partial charge is 0.465 e. The van der Waals surface area contributed by atoms with E-state index in [2.05, 4.69) is 47.8 Å². The fraction of sp³-hybridized carbons (Fsp3) is 0.737. The molecule has 4 amide bonds. The highest BCUT2D eigenvalue weighted by atomic mass is 79.9. The average molecular weight is 572 g/mol. The summed E-state index contributed by atoms with van der Waals surface area (Å²) in [6, 6.07) is -1.33. The average Bonchev–Trinajstić information content (AvgIpc) is 2.71. The van der Waals surface area contributed by atoms with Crippen LogP contribution >= 0.6 is 31.9 Å². The minimum atomic E-state index is -0.685. The number of alkyl halides is 2. The third kappa shape index (κ3) is 15.7. The number of carbonyl (C=O) groups excluding carboxylic acids is 5. The Hall–Kier alpha value is -1.69. The van der Waals surface area contributed by atoms with Crippen LogP contribution in [0, 0.1) is 5.92 Å². The number of rotatable bonds is 17. The first-order valence-electron chi connectivity index (χ1n) is 10.1. The zero-order valence-electron chi connectivity index (χ0n) is 17.7. The second-order valence-corrected chi connectivity index (χ2v) is 8.22. The van der Waals surface area contributed by atoms with E-state index < -0.39 is 18.0 Å². The molecule has 31 heavy (non-hydrogen) atoms. The van der Waals surface area contributed by atoms with Crippen molar-refractivity contribution < 1.29 is 28.7 Å². The maximum atomic E-state index is 12.0. The highest BCUT2D eigenvalue weighted by Crippen LogP contribution is 2.09. The third-order valence-corrected chi connectivity index (χ3v) is 5.80. The number of nitrogens with two attached hydrogens (primary N) is 1. The van der Waals surface area contributed by atoms with Crippen LogP contribution in [0.4, 0.5) is 4.79 Å². The molecule has 0 aromatic heterocycles. The molecule has 0 bridgehead atoms. The van der Waals surface area contributed by atoms with Crippen molar-refractivity contribution in [1.82, 2.24) is 16.0 Å². The molecular formula is C19H32Br2N4O6. The number of primary amides is 1. The van der Waals surface area contributed by atoms with Crippen molar-refractivity contribution in [2.24, 2.45) is 11.7 Å². The van der Waals surface area contributed by atoms with Gasteiger partial charge < -0.3 is 26.4 Å². The molecule has 0 saturated heterocycles. The van der Waals surface area contributed by atoms with Crippen LogP contribution in [0.2, 0.25) is 0 Å². The highest BCUT2D eigenvalue weighted by Gasteiger charge is 2.18. The number of nitrogens with one attached hydrogen (secondary N) is 3. The lowest BCUT2D eigenvalue weighted by Gasteiger charge is -2.16. The smallest absolute Gasteiger partial charge is 0.312 e. The fourth-order valence-corrected chi connectivity index (χ4v) is 4.03. The molecule has 0 spiro atoms. The van der Waals surface area contributed by atoms with Crippen molar-refractivity contribution >= 4 is 61.5 Å². The molecule has 0 heterocycles. The van der Waals surface area contributed by atoms with Crippen molar-refractivity contribution in [1.29, 1.82) is 0 Å². The zero-order chi connectivity index (χ0) is 23.6. The Labute approximate surface area is 199 Å². The summed E-state index contributed by atoms with van der Waals surface area (Å²) < 4.78 is 5.17. The summed E-state index contributed by atoms with van der Waals surface area (Å²) in [5.41, 5.74) is 4.96. The van der Waals surface area contributed by atoms with Crippen molar-refractivity contribution in [2.45, 2.75) is 51.5 Å². The maximum absolute atomic E-state index is 12.0. The van der Waals surface area contributed by atoms with Crippen LogP contribution < -0.4 is 21.7 Å². The Morgan fingerprint density at radius 1 is 0.935 bits per heavy atom. The Morgan fingerprint density at radius 2 is 1.61 bits per heavy atom. The molecule has 0 saturated carbocycles. The standard InChI is InChI=1S/C19H32Br2N4O6/c1-13(26)15(6-5-8-23-19(22)30)25-17(28)12-24-16(27)7-3-2-4-9-31-18(29)14(10-20)11-21/h14-15H,2-12H2,1H3,(H,24,27)(H,25,28)(H3,22,23,30)/t15-/m0/s1. The van der Waals surface area contributed by atoms with Gasteiger partial charge in [0.1, 0.15) is 0 Å². The van der Waals surface area contributed by atoms with Crippen LogP contribution in [-0.2, 0) is 23.9 Å². The summed E-state index contributed by atoms with van der Waals surface area (Å²) in [5, 5.41) is 8.56. The fourth-order valence-electron chi connectivity index (χ4n) is 2.43. The molecule has 0 aromatic rings. The molecule has 178 valence electrons. The number of Topliss-reactive ketones (excluding diaryl/α,β-unsaturated/α-hetero) is 1. The Balaban J connectivity index is 3.94. The molecule has 12 heteroatoms. The normalized spacial score (nSPS) is 11.5. The van der Waals surface area contributed by atoms with E-state index in [9.17, 15) is 24.0 Å². The molecule has 0 unspecified atom stereocenters. The third-order valence-electron chi connectivity index (χ3n) is 4.24. The van der Waals surface area contributed by atoms with Crippen LogP contribution in [0.3, 0.4) is 0 Å². The lowest BCUT2D eigenvalue weighted by molar-refractivity contribution is -0.147.